The first-order valence-corrected chi connectivity index (χ1v) is 6.78. The fourth-order valence-corrected chi connectivity index (χ4v) is 2.21. The summed E-state index contributed by atoms with van der Waals surface area (Å²) in [5, 5.41) is 2.75. The topological polar surface area (TPSA) is 96.7 Å². The fourth-order valence-electron chi connectivity index (χ4n) is 2.21. The van der Waals surface area contributed by atoms with Gasteiger partial charge in [-0.3, -0.25) is 4.79 Å². The molecule has 1 amide bonds. The lowest BCUT2D eigenvalue weighted by atomic mass is 10.1. The standard InChI is InChI=1S/C16H15N5O/c1-10(22)20-12-4-2-3-11(9-12)14-6-5-13(15(17)21-14)16-18-7-8-19-16/h2-9H,1H3,(H2,17,21)(H,18,19)(H,20,22). The molecule has 2 heterocycles. The highest BCUT2D eigenvalue weighted by atomic mass is 16.1. The number of nitrogens with zero attached hydrogens (tertiary/aromatic N) is 2. The third-order valence-corrected chi connectivity index (χ3v) is 3.16. The molecule has 0 saturated carbocycles. The molecule has 2 aromatic heterocycles. The zero-order valence-corrected chi connectivity index (χ0v) is 12.0. The molecule has 0 unspecified atom stereocenters. The maximum Gasteiger partial charge on any atom is 0.221 e. The summed E-state index contributed by atoms with van der Waals surface area (Å²) >= 11 is 0. The van der Waals surface area contributed by atoms with Crippen LogP contribution in [0, 0.1) is 0 Å². The van der Waals surface area contributed by atoms with Crippen LogP contribution >= 0.6 is 0 Å². The highest BCUT2D eigenvalue weighted by Gasteiger charge is 2.09. The molecular weight excluding hydrogens is 278 g/mol. The third-order valence-electron chi connectivity index (χ3n) is 3.16. The lowest BCUT2D eigenvalue weighted by Crippen LogP contribution is -2.05. The van der Waals surface area contributed by atoms with Crippen LogP contribution in [-0.4, -0.2) is 20.9 Å². The van der Waals surface area contributed by atoms with Crippen molar-refractivity contribution < 1.29 is 4.79 Å². The van der Waals surface area contributed by atoms with Gasteiger partial charge in [-0.15, -0.1) is 0 Å². The first kappa shape index (κ1) is 13.8. The second-order valence-corrected chi connectivity index (χ2v) is 4.83. The number of rotatable bonds is 3. The van der Waals surface area contributed by atoms with Gasteiger partial charge in [-0.05, 0) is 24.3 Å². The van der Waals surface area contributed by atoms with E-state index >= 15 is 0 Å². The summed E-state index contributed by atoms with van der Waals surface area (Å²) in [6, 6.07) is 11.2. The first-order chi connectivity index (χ1) is 10.6. The second kappa shape index (κ2) is 5.69. The van der Waals surface area contributed by atoms with Crippen molar-refractivity contribution in [3.63, 3.8) is 0 Å². The summed E-state index contributed by atoms with van der Waals surface area (Å²) in [4.78, 5) is 22.7. The van der Waals surface area contributed by atoms with E-state index in [0.717, 1.165) is 22.5 Å². The summed E-state index contributed by atoms with van der Waals surface area (Å²) in [6.07, 6.45) is 3.40. The molecule has 4 N–H and O–H groups in total. The maximum absolute atomic E-state index is 11.1. The van der Waals surface area contributed by atoms with E-state index in [1.54, 1.807) is 12.4 Å². The molecule has 0 spiro atoms. The van der Waals surface area contributed by atoms with Crippen LogP contribution in [0.2, 0.25) is 0 Å². The number of hydrogen-bond donors (Lipinski definition) is 3. The van der Waals surface area contributed by atoms with Crippen molar-refractivity contribution >= 4 is 17.4 Å². The minimum absolute atomic E-state index is 0.113. The number of H-pyrrole nitrogens is 1. The van der Waals surface area contributed by atoms with Crippen LogP contribution in [0.4, 0.5) is 11.5 Å². The molecule has 3 rings (SSSR count). The first-order valence-electron chi connectivity index (χ1n) is 6.78. The Labute approximate surface area is 127 Å². The predicted octanol–water partition coefficient (Wildman–Crippen LogP) is 2.68. The molecule has 3 aromatic rings. The van der Waals surface area contributed by atoms with Crippen molar-refractivity contribution in [1.82, 2.24) is 15.0 Å². The molecular formula is C16H15N5O. The van der Waals surface area contributed by atoms with Crippen molar-refractivity contribution in [3.8, 4) is 22.6 Å². The Kier molecular flexibility index (Phi) is 3.57. The van der Waals surface area contributed by atoms with E-state index in [2.05, 4.69) is 20.3 Å². The number of pyridine rings is 1. The summed E-state index contributed by atoms with van der Waals surface area (Å²) in [6.45, 7) is 1.47. The second-order valence-electron chi connectivity index (χ2n) is 4.83. The largest absolute Gasteiger partial charge is 0.383 e. The Morgan fingerprint density at radius 3 is 2.82 bits per heavy atom. The number of nitrogens with one attached hydrogen (secondary N) is 2. The van der Waals surface area contributed by atoms with Crippen molar-refractivity contribution in [2.75, 3.05) is 11.1 Å². The van der Waals surface area contributed by atoms with E-state index in [1.165, 1.54) is 6.92 Å². The van der Waals surface area contributed by atoms with Gasteiger partial charge in [-0.2, -0.15) is 0 Å². The van der Waals surface area contributed by atoms with Gasteiger partial charge in [0.2, 0.25) is 5.91 Å². The van der Waals surface area contributed by atoms with E-state index in [4.69, 9.17) is 5.73 Å². The number of carbonyl (C=O) groups is 1. The van der Waals surface area contributed by atoms with E-state index in [1.807, 2.05) is 36.4 Å². The number of nitrogens with two attached hydrogens (primary N) is 1. The van der Waals surface area contributed by atoms with Crippen LogP contribution in [0.3, 0.4) is 0 Å². The normalized spacial score (nSPS) is 10.4. The Balaban J connectivity index is 1.96. The molecule has 0 aliphatic rings. The molecule has 0 aliphatic heterocycles. The molecule has 6 heteroatoms. The van der Waals surface area contributed by atoms with E-state index in [9.17, 15) is 4.79 Å². The predicted molar refractivity (Wildman–Crippen MR) is 86.0 cm³/mol. The molecule has 0 saturated heterocycles. The molecule has 0 fully saturated rings. The van der Waals surface area contributed by atoms with Crippen LogP contribution in [0.1, 0.15) is 6.92 Å². The smallest absolute Gasteiger partial charge is 0.221 e. The number of anilines is 2. The molecule has 0 bridgehead atoms. The van der Waals surface area contributed by atoms with E-state index < -0.39 is 0 Å². The maximum atomic E-state index is 11.1. The van der Waals surface area contributed by atoms with Gasteiger partial charge in [0.15, 0.2) is 0 Å². The van der Waals surface area contributed by atoms with Crippen LogP contribution in [0.25, 0.3) is 22.6 Å². The lowest BCUT2D eigenvalue weighted by Gasteiger charge is -2.08. The van der Waals surface area contributed by atoms with Gasteiger partial charge >= 0.3 is 0 Å². The third kappa shape index (κ3) is 2.80. The fraction of sp³-hybridized carbons (Fsp3) is 0.0625. The van der Waals surface area contributed by atoms with Crippen molar-refractivity contribution in [2.45, 2.75) is 6.92 Å². The van der Waals surface area contributed by atoms with Crippen molar-refractivity contribution in [2.24, 2.45) is 0 Å². The monoisotopic (exact) mass is 293 g/mol. The lowest BCUT2D eigenvalue weighted by molar-refractivity contribution is -0.114. The van der Waals surface area contributed by atoms with Crippen LogP contribution in [0.15, 0.2) is 48.8 Å². The molecule has 1 aromatic carbocycles. The minimum Gasteiger partial charge on any atom is -0.383 e. The van der Waals surface area contributed by atoms with E-state index in [0.29, 0.717) is 11.6 Å². The number of imidazole rings is 1. The number of carbonyl (C=O) groups excluding carboxylic acids is 1. The van der Waals surface area contributed by atoms with Gasteiger partial charge in [0.05, 0.1) is 11.3 Å². The number of hydrogen-bond acceptors (Lipinski definition) is 4. The zero-order valence-electron chi connectivity index (χ0n) is 12.0. The minimum atomic E-state index is -0.113. The van der Waals surface area contributed by atoms with Crippen LogP contribution < -0.4 is 11.1 Å². The molecule has 22 heavy (non-hydrogen) atoms. The number of benzene rings is 1. The molecule has 0 atom stereocenters. The summed E-state index contributed by atoms with van der Waals surface area (Å²) in [5.74, 6) is 0.971. The Hall–Kier alpha value is -3.15. The van der Waals surface area contributed by atoms with Gasteiger partial charge in [0.25, 0.3) is 0 Å². The van der Waals surface area contributed by atoms with Crippen molar-refractivity contribution in [3.05, 3.63) is 48.8 Å². The summed E-state index contributed by atoms with van der Waals surface area (Å²) in [7, 11) is 0. The Bertz CT molecular complexity index is 811. The highest BCUT2D eigenvalue weighted by molar-refractivity contribution is 5.89. The number of aromatic nitrogens is 3. The number of aromatic amines is 1. The van der Waals surface area contributed by atoms with Crippen molar-refractivity contribution in [1.29, 1.82) is 0 Å². The molecule has 0 radical (unpaired) electrons. The van der Waals surface area contributed by atoms with Crippen LogP contribution in [-0.2, 0) is 4.79 Å². The van der Waals surface area contributed by atoms with Gasteiger partial charge in [-0.1, -0.05) is 12.1 Å². The van der Waals surface area contributed by atoms with Gasteiger partial charge in [-0.25, -0.2) is 9.97 Å². The average Bonchev–Trinajstić information content (AvgIpc) is 3.00. The molecule has 6 nitrogen and oxygen atoms in total. The highest BCUT2D eigenvalue weighted by Crippen LogP contribution is 2.26. The van der Waals surface area contributed by atoms with Gasteiger partial charge in [0, 0.05) is 30.6 Å². The number of nitrogen functional groups attached to an aromatic ring is 1. The van der Waals surface area contributed by atoms with Crippen LogP contribution in [0.5, 0.6) is 0 Å². The summed E-state index contributed by atoms with van der Waals surface area (Å²) < 4.78 is 0. The zero-order chi connectivity index (χ0) is 15.5. The quantitative estimate of drug-likeness (QED) is 0.691. The molecule has 110 valence electrons. The SMILES string of the molecule is CC(=O)Nc1cccc(-c2ccc(-c3ncc[nH]3)c(N)n2)c1. The van der Waals surface area contributed by atoms with E-state index in [-0.39, 0.29) is 5.91 Å². The summed E-state index contributed by atoms with van der Waals surface area (Å²) in [5.41, 5.74) is 9.12. The van der Waals surface area contributed by atoms with Gasteiger partial charge in [0.1, 0.15) is 11.6 Å². The van der Waals surface area contributed by atoms with Gasteiger partial charge < -0.3 is 16.0 Å². The Morgan fingerprint density at radius 1 is 1.27 bits per heavy atom. The Morgan fingerprint density at radius 2 is 2.14 bits per heavy atom. The number of amides is 1. The molecule has 0 aliphatic carbocycles. The average molecular weight is 293 g/mol.